The Morgan fingerprint density at radius 2 is 0.614 bits per heavy atom. The van der Waals surface area contributed by atoms with Crippen molar-refractivity contribution in [3.63, 3.8) is 0 Å². The first-order valence-corrected chi connectivity index (χ1v) is 20.7. The van der Waals surface area contributed by atoms with Gasteiger partial charge in [0.05, 0.1) is 24.3 Å². The molecule has 0 fully saturated rings. The van der Waals surface area contributed by atoms with Gasteiger partial charge in [-0.1, -0.05) is 155 Å². The predicted octanol–water partition coefficient (Wildman–Crippen LogP) is 14.5. The lowest BCUT2D eigenvalue weighted by Crippen LogP contribution is -2.17. The van der Waals surface area contributed by atoms with Crippen LogP contribution in [0.2, 0.25) is 0 Å². The van der Waals surface area contributed by atoms with Crippen molar-refractivity contribution in [2.24, 2.45) is 0 Å². The van der Waals surface area contributed by atoms with Crippen molar-refractivity contribution in [2.45, 2.75) is 168 Å². The van der Waals surface area contributed by atoms with Crippen LogP contribution >= 0.6 is 63.7 Å². The van der Waals surface area contributed by atoms with Crippen LogP contribution < -0.4 is 0 Å². The maximum Gasteiger partial charge on any atom is 0.340 e. The highest BCUT2D eigenvalue weighted by atomic mass is 79.9. The summed E-state index contributed by atoms with van der Waals surface area (Å²) in [4.78, 5) is 26.4. The Hall–Kier alpha value is 0.0800. The van der Waals surface area contributed by atoms with Crippen LogP contribution in [0.15, 0.2) is 17.9 Å². The third-order valence-electron chi connectivity index (χ3n) is 8.14. The molecular formula is C36H58Br4O4. The molecule has 0 aliphatic heterocycles. The van der Waals surface area contributed by atoms with Gasteiger partial charge < -0.3 is 9.47 Å². The maximum atomic E-state index is 13.2. The minimum Gasteiger partial charge on any atom is -0.462 e. The Morgan fingerprint density at radius 3 is 0.864 bits per heavy atom. The fourth-order valence-electron chi connectivity index (χ4n) is 5.38. The summed E-state index contributed by atoms with van der Waals surface area (Å²) >= 11 is 14.0. The molecule has 0 unspecified atom stereocenters. The van der Waals surface area contributed by atoms with Crippen molar-refractivity contribution in [3.05, 3.63) is 29.0 Å². The number of benzene rings is 1. The van der Waals surface area contributed by atoms with Crippen LogP contribution in [-0.4, -0.2) is 25.2 Å². The van der Waals surface area contributed by atoms with Gasteiger partial charge in [-0.15, -0.1) is 0 Å². The fourth-order valence-corrected chi connectivity index (χ4v) is 7.82. The molecule has 1 rings (SSSR count). The van der Waals surface area contributed by atoms with Gasteiger partial charge in [0.15, 0.2) is 0 Å². The molecule has 4 nitrogen and oxygen atoms in total. The zero-order valence-corrected chi connectivity index (χ0v) is 33.9. The van der Waals surface area contributed by atoms with Gasteiger partial charge in [0.2, 0.25) is 0 Å². The van der Waals surface area contributed by atoms with E-state index in [1.807, 2.05) is 0 Å². The fraction of sp³-hybridized carbons (Fsp3) is 0.778. The van der Waals surface area contributed by atoms with Crippen LogP contribution in [0.25, 0.3) is 0 Å². The van der Waals surface area contributed by atoms with Gasteiger partial charge in [-0.3, -0.25) is 0 Å². The van der Waals surface area contributed by atoms with Crippen molar-refractivity contribution in [1.29, 1.82) is 0 Å². The van der Waals surface area contributed by atoms with E-state index in [-0.39, 0.29) is 11.1 Å². The second-order valence-corrected chi connectivity index (χ2v) is 15.2. The zero-order chi connectivity index (χ0) is 32.4. The molecule has 254 valence electrons. The number of esters is 2. The smallest absolute Gasteiger partial charge is 0.340 e. The Labute approximate surface area is 302 Å². The average Bonchev–Trinajstić information content (AvgIpc) is 3.02. The summed E-state index contributed by atoms with van der Waals surface area (Å²) < 4.78 is 13.5. The Kier molecular flexibility index (Phi) is 26.9. The van der Waals surface area contributed by atoms with Crippen molar-refractivity contribution in [1.82, 2.24) is 0 Å². The minimum absolute atomic E-state index is 0.186. The van der Waals surface area contributed by atoms with E-state index in [1.54, 1.807) is 0 Å². The lowest BCUT2D eigenvalue weighted by molar-refractivity contribution is 0.0448. The Bertz CT molecular complexity index is 849. The normalized spacial score (nSPS) is 11.2. The van der Waals surface area contributed by atoms with Gasteiger partial charge in [-0.25, -0.2) is 9.59 Å². The number of hydrogen-bond acceptors (Lipinski definition) is 4. The van der Waals surface area contributed by atoms with Gasteiger partial charge in [0.25, 0.3) is 0 Å². The monoisotopic (exact) mass is 870 g/mol. The van der Waals surface area contributed by atoms with Crippen molar-refractivity contribution in [3.8, 4) is 0 Å². The van der Waals surface area contributed by atoms with Gasteiger partial charge in [0.1, 0.15) is 0 Å². The third kappa shape index (κ3) is 18.4. The standard InChI is InChI=1S/C36H58Br4O4/c1-3-5-7-9-11-13-15-17-19-21-23-25-27-43-35(41)29-30(32(38)34(40)33(39)31(29)37)36(42)44-28-26-24-22-20-18-16-14-12-10-8-6-4-2/h3-28H2,1-2H3. The molecule has 0 aliphatic rings. The number of halogens is 4. The number of rotatable bonds is 28. The summed E-state index contributed by atoms with van der Waals surface area (Å²) in [5.74, 6) is -1.04. The van der Waals surface area contributed by atoms with Crippen molar-refractivity contribution < 1.29 is 19.1 Å². The summed E-state index contributed by atoms with van der Waals surface area (Å²) in [6.45, 7) is 5.19. The molecule has 0 aliphatic carbocycles. The number of unbranched alkanes of at least 4 members (excludes halogenated alkanes) is 22. The van der Waals surface area contributed by atoms with E-state index in [2.05, 4.69) is 77.6 Å². The number of carbonyl (C=O) groups excluding carboxylic acids is 2. The quantitative estimate of drug-likeness (QED) is 0.0364. The molecule has 0 spiro atoms. The number of carbonyl (C=O) groups is 2. The lowest BCUT2D eigenvalue weighted by Gasteiger charge is -2.16. The molecule has 1 aromatic rings. The molecule has 0 heterocycles. The molecule has 0 N–H and O–H groups in total. The van der Waals surface area contributed by atoms with Crippen LogP contribution in [0, 0.1) is 0 Å². The summed E-state index contributed by atoms with van der Waals surface area (Å²) in [6, 6.07) is 0. The van der Waals surface area contributed by atoms with Gasteiger partial charge >= 0.3 is 11.9 Å². The third-order valence-corrected chi connectivity index (χ3v) is 12.9. The maximum absolute atomic E-state index is 13.2. The molecule has 1 aromatic carbocycles. The highest BCUT2D eigenvalue weighted by Gasteiger charge is 2.30. The molecule has 0 radical (unpaired) electrons. The molecule has 44 heavy (non-hydrogen) atoms. The first-order chi connectivity index (χ1) is 21.4. The Balaban J connectivity index is 2.39. The minimum atomic E-state index is -0.522. The van der Waals surface area contributed by atoms with Crippen LogP contribution in [0.5, 0.6) is 0 Å². The van der Waals surface area contributed by atoms with Crippen LogP contribution in [0.3, 0.4) is 0 Å². The van der Waals surface area contributed by atoms with Crippen LogP contribution in [0.4, 0.5) is 0 Å². The molecule has 0 aromatic heterocycles. The lowest BCUT2D eigenvalue weighted by atomic mass is 10.1. The number of hydrogen-bond donors (Lipinski definition) is 0. The molecule has 0 amide bonds. The van der Waals surface area contributed by atoms with Crippen molar-refractivity contribution >= 4 is 75.7 Å². The van der Waals surface area contributed by atoms with E-state index in [9.17, 15) is 9.59 Å². The van der Waals surface area contributed by atoms with E-state index in [1.165, 1.54) is 116 Å². The topological polar surface area (TPSA) is 52.6 Å². The molecule has 8 heteroatoms. The first-order valence-electron chi connectivity index (χ1n) is 17.6. The highest BCUT2D eigenvalue weighted by molar-refractivity contribution is 9.15. The SMILES string of the molecule is CCCCCCCCCCCCCCOC(=O)c1c(Br)c(Br)c(Br)c(Br)c1C(=O)OCCCCCCCCCCCCCC. The van der Waals surface area contributed by atoms with E-state index >= 15 is 0 Å². The van der Waals surface area contributed by atoms with Crippen molar-refractivity contribution in [2.75, 3.05) is 13.2 Å². The second-order valence-electron chi connectivity index (χ2n) is 12.1. The molecule has 0 saturated carbocycles. The number of ether oxygens (including phenoxy) is 2. The van der Waals surface area contributed by atoms with Gasteiger partial charge in [0, 0.05) is 17.9 Å². The molecule has 0 atom stereocenters. The summed E-state index contributed by atoms with van der Waals surface area (Å²) in [5, 5.41) is 0. The molecule has 0 saturated heterocycles. The zero-order valence-electron chi connectivity index (χ0n) is 27.5. The van der Waals surface area contributed by atoms with E-state index in [4.69, 9.17) is 9.47 Å². The second kappa shape index (κ2) is 28.1. The summed E-state index contributed by atoms with van der Waals surface area (Å²) in [7, 11) is 0. The van der Waals surface area contributed by atoms with Crippen LogP contribution in [0.1, 0.15) is 189 Å². The van der Waals surface area contributed by atoms with E-state index < -0.39 is 11.9 Å². The average molecular weight is 874 g/mol. The predicted molar refractivity (Wildman–Crippen MR) is 200 cm³/mol. The summed E-state index contributed by atoms with van der Waals surface area (Å²) in [6.07, 6.45) is 29.9. The van der Waals surface area contributed by atoms with Gasteiger partial charge in [-0.05, 0) is 76.6 Å². The van der Waals surface area contributed by atoms with Gasteiger partial charge in [-0.2, -0.15) is 0 Å². The Morgan fingerprint density at radius 1 is 0.386 bits per heavy atom. The van der Waals surface area contributed by atoms with Crippen LogP contribution in [-0.2, 0) is 9.47 Å². The molecule has 0 bridgehead atoms. The van der Waals surface area contributed by atoms with E-state index in [0.717, 1.165) is 38.5 Å². The largest absolute Gasteiger partial charge is 0.462 e. The summed E-state index contributed by atoms with van der Waals surface area (Å²) in [5.41, 5.74) is 0.371. The van der Waals surface area contributed by atoms with E-state index in [0.29, 0.717) is 31.1 Å². The molecular weight excluding hydrogens is 816 g/mol. The highest BCUT2D eigenvalue weighted by Crippen LogP contribution is 2.42. The first kappa shape index (κ1) is 42.1.